The summed E-state index contributed by atoms with van der Waals surface area (Å²) in [4.78, 5) is 0. The number of hydrogen-bond donors (Lipinski definition) is 1. The van der Waals surface area contributed by atoms with Gasteiger partial charge in [0.2, 0.25) is 0 Å². The Hall–Kier alpha value is -1.87. The van der Waals surface area contributed by atoms with E-state index < -0.39 is 6.10 Å². The summed E-state index contributed by atoms with van der Waals surface area (Å²) in [6.45, 7) is 3.94. The van der Waals surface area contributed by atoms with Crippen molar-refractivity contribution in [2.45, 2.75) is 26.6 Å². The van der Waals surface area contributed by atoms with Gasteiger partial charge < -0.3 is 9.84 Å². The monoisotopic (exact) mass is 260 g/mol. The van der Waals surface area contributed by atoms with Crippen LogP contribution in [0.5, 0.6) is 5.75 Å². The lowest BCUT2D eigenvalue weighted by molar-refractivity contribution is 0.198. The van der Waals surface area contributed by atoms with Crippen LogP contribution < -0.4 is 4.74 Å². The molecule has 0 radical (unpaired) electrons. The SMILES string of the molecule is Cc1ccc(F)cc1COc1cccc(C(C)O)c1. The highest BCUT2D eigenvalue weighted by Gasteiger charge is 2.04. The fraction of sp³-hybridized carbons (Fsp3) is 0.250. The molecule has 1 atom stereocenters. The molecule has 0 aliphatic heterocycles. The number of hydrogen-bond acceptors (Lipinski definition) is 2. The van der Waals surface area contributed by atoms with E-state index in [9.17, 15) is 9.50 Å². The summed E-state index contributed by atoms with van der Waals surface area (Å²) >= 11 is 0. The van der Waals surface area contributed by atoms with Gasteiger partial charge in [-0.15, -0.1) is 0 Å². The summed E-state index contributed by atoms with van der Waals surface area (Å²) in [5.41, 5.74) is 2.61. The summed E-state index contributed by atoms with van der Waals surface area (Å²) in [7, 11) is 0. The van der Waals surface area contributed by atoms with Gasteiger partial charge in [-0.3, -0.25) is 0 Å². The van der Waals surface area contributed by atoms with Crippen LogP contribution in [-0.2, 0) is 6.61 Å². The number of halogens is 1. The first kappa shape index (κ1) is 13.6. The van der Waals surface area contributed by atoms with Gasteiger partial charge in [0, 0.05) is 0 Å². The van der Waals surface area contributed by atoms with Crippen LogP contribution in [0.2, 0.25) is 0 Å². The Morgan fingerprint density at radius 1 is 1.21 bits per heavy atom. The van der Waals surface area contributed by atoms with Crippen LogP contribution in [-0.4, -0.2) is 5.11 Å². The summed E-state index contributed by atoms with van der Waals surface area (Å²) < 4.78 is 18.8. The van der Waals surface area contributed by atoms with Crippen molar-refractivity contribution in [3.63, 3.8) is 0 Å². The molecular weight excluding hydrogens is 243 g/mol. The molecule has 0 spiro atoms. The summed E-state index contributed by atoms with van der Waals surface area (Å²) in [5.74, 6) is 0.406. The Morgan fingerprint density at radius 3 is 2.74 bits per heavy atom. The zero-order chi connectivity index (χ0) is 13.8. The summed E-state index contributed by atoms with van der Waals surface area (Å²) in [6.07, 6.45) is -0.528. The third-order valence-electron chi connectivity index (χ3n) is 3.05. The second kappa shape index (κ2) is 5.85. The molecule has 0 bridgehead atoms. The quantitative estimate of drug-likeness (QED) is 0.906. The zero-order valence-corrected chi connectivity index (χ0v) is 11.1. The number of aliphatic hydroxyl groups excluding tert-OH is 1. The fourth-order valence-corrected chi connectivity index (χ4v) is 1.82. The first-order valence-corrected chi connectivity index (χ1v) is 6.22. The first-order chi connectivity index (χ1) is 9.06. The van der Waals surface area contributed by atoms with E-state index in [1.54, 1.807) is 19.1 Å². The van der Waals surface area contributed by atoms with Crippen molar-refractivity contribution >= 4 is 0 Å². The lowest BCUT2D eigenvalue weighted by Gasteiger charge is -2.11. The third kappa shape index (κ3) is 3.55. The van der Waals surface area contributed by atoms with Crippen molar-refractivity contribution in [2.24, 2.45) is 0 Å². The molecule has 0 aliphatic carbocycles. The minimum absolute atomic E-state index is 0.262. The van der Waals surface area contributed by atoms with E-state index in [2.05, 4.69) is 0 Å². The Kier molecular flexibility index (Phi) is 4.17. The first-order valence-electron chi connectivity index (χ1n) is 6.22. The summed E-state index contributed by atoms with van der Waals surface area (Å²) in [5, 5.41) is 9.51. The second-order valence-electron chi connectivity index (χ2n) is 4.61. The molecule has 2 aromatic rings. The molecule has 2 nitrogen and oxygen atoms in total. The maximum atomic E-state index is 13.2. The predicted octanol–water partition coefficient (Wildman–Crippen LogP) is 3.77. The maximum absolute atomic E-state index is 13.2. The normalized spacial score (nSPS) is 12.2. The van der Waals surface area contributed by atoms with E-state index in [1.165, 1.54) is 12.1 Å². The van der Waals surface area contributed by atoms with Crippen LogP contribution in [0, 0.1) is 12.7 Å². The molecule has 0 saturated carbocycles. The Bertz CT molecular complexity index is 564. The van der Waals surface area contributed by atoms with Crippen LogP contribution in [0.25, 0.3) is 0 Å². The molecule has 19 heavy (non-hydrogen) atoms. The average Bonchev–Trinajstić information content (AvgIpc) is 2.40. The lowest BCUT2D eigenvalue weighted by Crippen LogP contribution is -1.99. The number of ether oxygens (including phenoxy) is 1. The van der Waals surface area contributed by atoms with E-state index in [0.29, 0.717) is 12.4 Å². The number of aliphatic hydroxyl groups is 1. The standard InChI is InChI=1S/C16H17FO2/c1-11-6-7-15(17)8-14(11)10-19-16-5-3-4-13(9-16)12(2)18/h3-9,12,18H,10H2,1-2H3. The Balaban J connectivity index is 2.10. The van der Waals surface area contributed by atoms with Crippen LogP contribution in [0.15, 0.2) is 42.5 Å². The third-order valence-corrected chi connectivity index (χ3v) is 3.05. The van der Waals surface area contributed by atoms with E-state index in [0.717, 1.165) is 16.7 Å². The predicted molar refractivity (Wildman–Crippen MR) is 72.5 cm³/mol. The van der Waals surface area contributed by atoms with E-state index >= 15 is 0 Å². The van der Waals surface area contributed by atoms with Gasteiger partial charge in [0.25, 0.3) is 0 Å². The number of benzene rings is 2. The summed E-state index contributed by atoms with van der Waals surface area (Å²) in [6, 6.07) is 11.9. The molecule has 0 aromatic heterocycles. The molecule has 1 N–H and O–H groups in total. The lowest BCUT2D eigenvalue weighted by atomic mass is 10.1. The van der Waals surface area contributed by atoms with Gasteiger partial charge in [0.05, 0.1) is 6.10 Å². The Labute approximate surface area is 112 Å². The molecule has 0 heterocycles. The van der Waals surface area contributed by atoms with E-state index in [4.69, 9.17) is 4.74 Å². The van der Waals surface area contributed by atoms with Crippen molar-refractivity contribution in [1.82, 2.24) is 0 Å². The molecule has 2 rings (SSSR count). The highest BCUT2D eigenvalue weighted by atomic mass is 19.1. The van der Waals surface area contributed by atoms with Gasteiger partial charge in [-0.1, -0.05) is 18.2 Å². The van der Waals surface area contributed by atoms with Gasteiger partial charge in [-0.2, -0.15) is 0 Å². The molecule has 0 fully saturated rings. The highest BCUT2D eigenvalue weighted by Crippen LogP contribution is 2.20. The number of aryl methyl sites for hydroxylation is 1. The average molecular weight is 260 g/mol. The van der Waals surface area contributed by atoms with Crippen LogP contribution in [0.3, 0.4) is 0 Å². The molecule has 0 saturated heterocycles. The van der Waals surface area contributed by atoms with Gasteiger partial charge in [0.1, 0.15) is 18.2 Å². The minimum Gasteiger partial charge on any atom is -0.489 e. The van der Waals surface area contributed by atoms with Gasteiger partial charge in [-0.25, -0.2) is 4.39 Å². The molecule has 0 aliphatic rings. The van der Waals surface area contributed by atoms with Gasteiger partial charge in [-0.05, 0) is 54.8 Å². The van der Waals surface area contributed by atoms with Crippen molar-refractivity contribution in [2.75, 3.05) is 0 Å². The van der Waals surface area contributed by atoms with E-state index in [1.807, 2.05) is 25.1 Å². The molecule has 2 aromatic carbocycles. The van der Waals surface area contributed by atoms with Gasteiger partial charge >= 0.3 is 0 Å². The van der Waals surface area contributed by atoms with Crippen molar-refractivity contribution in [3.05, 3.63) is 65.0 Å². The van der Waals surface area contributed by atoms with Crippen LogP contribution >= 0.6 is 0 Å². The van der Waals surface area contributed by atoms with E-state index in [-0.39, 0.29) is 5.82 Å². The van der Waals surface area contributed by atoms with Gasteiger partial charge in [0.15, 0.2) is 0 Å². The molecule has 3 heteroatoms. The largest absolute Gasteiger partial charge is 0.489 e. The Morgan fingerprint density at radius 2 is 2.00 bits per heavy atom. The molecular formula is C16H17FO2. The molecule has 100 valence electrons. The van der Waals surface area contributed by atoms with Crippen molar-refractivity contribution in [3.8, 4) is 5.75 Å². The minimum atomic E-state index is -0.528. The van der Waals surface area contributed by atoms with Crippen molar-refractivity contribution in [1.29, 1.82) is 0 Å². The fourth-order valence-electron chi connectivity index (χ4n) is 1.82. The maximum Gasteiger partial charge on any atom is 0.123 e. The second-order valence-corrected chi connectivity index (χ2v) is 4.61. The smallest absolute Gasteiger partial charge is 0.123 e. The van der Waals surface area contributed by atoms with Crippen LogP contribution in [0.1, 0.15) is 29.7 Å². The zero-order valence-electron chi connectivity index (χ0n) is 11.1. The molecule has 1 unspecified atom stereocenters. The number of rotatable bonds is 4. The molecule has 0 amide bonds. The topological polar surface area (TPSA) is 29.5 Å². The van der Waals surface area contributed by atoms with Crippen molar-refractivity contribution < 1.29 is 14.2 Å². The van der Waals surface area contributed by atoms with Crippen LogP contribution in [0.4, 0.5) is 4.39 Å². The highest BCUT2D eigenvalue weighted by molar-refractivity contribution is 5.31.